The summed E-state index contributed by atoms with van der Waals surface area (Å²) in [5.41, 5.74) is 6.41. The molecule has 2 heterocycles. The Kier molecular flexibility index (Phi) is 2.40. The van der Waals surface area contributed by atoms with Crippen LogP contribution in [-0.2, 0) is 5.54 Å². The van der Waals surface area contributed by atoms with E-state index in [2.05, 4.69) is 25.6 Å². The van der Waals surface area contributed by atoms with Crippen LogP contribution in [0.2, 0.25) is 0 Å². The molecule has 2 aromatic heterocycles. The third kappa shape index (κ3) is 1.82. The van der Waals surface area contributed by atoms with E-state index in [1.165, 1.54) is 6.42 Å². The van der Waals surface area contributed by atoms with Crippen molar-refractivity contribution in [3.8, 4) is 11.5 Å². The molecule has 17 heavy (non-hydrogen) atoms. The number of rotatable bonds is 2. The smallest absolute Gasteiger partial charge is 0.247 e. The Morgan fingerprint density at radius 1 is 1.29 bits per heavy atom. The fraction of sp³-hybridized carbons (Fsp3) is 0.600. The minimum absolute atomic E-state index is 0.434. The van der Waals surface area contributed by atoms with Crippen LogP contribution in [0, 0.1) is 0 Å². The summed E-state index contributed by atoms with van der Waals surface area (Å²) < 4.78 is 5.26. The van der Waals surface area contributed by atoms with Gasteiger partial charge >= 0.3 is 0 Å². The molecule has 0 radical (unpaired) electrons. The van der Waals surface area contributed by atoms with E-state index in [1.54, 1.807) is 6.20 Å². The SMILES string of the molecule is NC1(c2nc(-c3cn[nH]n3)no2)CCCCC1. The number of hydrogen-bond acceptors (Lipinski definition) is 6. The minimum atomic E-state index is -0.465. The second kappa shape index (κ2) is 3.92. The Labute approximate surface area is 97.8 Å². The average Bonchev–Trinajstić information content (AvgIpc) is 3.01. The number of nitrogens with zero attached hydrogens (tertiary/aromatic N) is 4. The van der Waals surface area contributed by atoms with Crippen LogP contribution in [-0.4, -0.2) is 25.6 Å². The van der Waals surface area contributed by atoms with Gasteiger partial charge in [0, 0.05) is 0 Å². The minimum Gasteiger partial charge on any atom is -0.337 e. The van der Waals surface area contributed by atoms with E-state index in [9.17, 15) is 0 Å². The van der Waals surface area contributed by atoms with E-state index in [-0.39, 0.29) is 0 Å². The number of nitrogens with two attached hydrogens (primary N) is 1. The number of aromatic amines is 1. The summed E-state index contributed by atoms with van der Waals surface area (Å²) in [5, 5.41) is 14.0. The van der Waals surface area contributed by atoms with Crippen molar-refractivity contribution in [1.29, 1.82) is 0 Å². The Morgan fingerprint density at radius 2 is 2.12 bits per heavy atom. The highest BCUT2D eigenvalue weighted by Crippen LogP contribution is 2.34. The maximum Gasteiger partial charge on any atom is 0.247 e. The molecule has 0 unspecified atom stereocenters. The van der Waals surface area contributed by atoms with E-state index >= 15 is 0 Å². The highest BCUT2D eigenvalue weighted by atomic mass is 16.5. The fourth-order valence-electron chi connectivity index (χ4n) is 2.24. The Morgan fingerprint density at radius 3 is 2.82 bits per heavy atom. The maximum absolute atomic E-state index is 6.31. The second-order valence-electron chi connectivity index (χ2n) is 4.50. The lowest BCUT2D eigenvalue weighted by molar-refractivity contribution is 0.220. The predicted octanol–water partition coefficient (Wildman–Crippen LogP) is 0.973. The summed E-state index contributed by atoms with van der Waals surface area (Å²) in [6, 6.07) is 0. The first-order valence-electron chi connectivity index (χ1n) is 5.77. The van der Waals surface area contributed by atoms with Gasteiger partial charge < -0.3 is 10.3 Å². The van der Waals surface area contributed by atoms with Gasteiger partial charge in [0.05, 0.1) is 11.7 Å². The molecule has 0 aromatic carbocycles. The van der Waals surface area contributed by atoms with E-state index in [0.29, 0.717) is 17.4 Å². The molecule has 0 atom stereocenters. The van der Waals surface area contributed by atoms with Crippen LogP contribution in [0.15, 0.2) is 10.7 Å². The largest absolute Gasteiger partial charge is 0.337 e. The standard InChI is InChI=1S/C10H14N6O/c11-10(4-2-1-3-5-10)9-13-8(15-17-9)7-6-12-16-14-7/h6H,1-5,11H2,(H,12,14,16). The van der Waals surface area contributed by atoms with Crippen molar-refractivity contribution in [3.63, 3.8) is 0 Å². The highest BCUT2D eigenvalue weighted by molar-refractivity contribution is 5.45. The number of H-pyrrole nitrogens is 1. The van der Waals surface area contributed by atoms with Gasteiger partial charge in [-0.3, -0.25) is 0 Å². The first-order valence-corrected chi connectivity index (χ1v) is 5.77. The van der Waals surface area contributed by atoms with Crippen molar-refractivity contribution in [2.75, 3.05) is 0 Å². The summed E-state index contributed by atoms with van der Waals surface area (Å²) in [6.07, 6.45) is 6.79. The molecular weight excluding hydrogens is 220 g/mol. The van der Waals surface area contributed by atoms with Crippen molar-refractivity contribution in [2.24, 2.45) is 5.73 Å². The molecule has 3 N–H and O–H groups in total. The zero-order valence-corrected chi connectivity index (χ0v) is 9.39. The Balaban J connectivity index is 1.89. The molecule has 0 spiro atoms. The Hall–Kier alpha value is -1.76. The lowest BCUT2D eigenvalue weighted by atomic mass is 9.82. The lowest BCUT2D eigenvalue weighted by Gasteiger charge is -2.29. The van der Waals surface area contributed by atoms with E-state index in [0.717, 1.165) is 25.7 Å². The van der Waals surface area contributed by atoms with Crippen LogP contribution in [0.4, 0.5) is 0 Å². The quantitative estimate of drug-likeness (QED) is 0.801. The molecule has 1 saturated carbocycles. The normalized spacial score (nSPS) is 19.4. The Bertz CT molecular complexity index is 485. The summed E-state index contributed by atoms with van der Waals surface area (Å²) in [5.74, 6) is 0.944. The average molecular weight is 234 g/mol. The summed E-state index contributed by atoms with van der Waals surface area (Å²) in [6.45, 7) is 0. The lowest BCUT2D eigenvalue weighted by Crippen LogP contribution is -2.38. The summed E-state index contributed by atoms with van der Waals surface area (Å²) in [4.78, 5) is 4.32. The molecule has 1 aliphatic rings. The first-order chi connectivity index (χ1) is 8.28. The molecule has 0 saturated heterocycles. The molecule has 7 heteroatoms. The van der Waals surface area contributed by atoms with Crippen molar-refractivity contribution in [3.05, 3.63) is 12.1 Å². The molecule has 1 fully saturated rings. The topological polar surface area (TPSA) is 107 Å². The zero-order valence-electron chi connectivity index (χ0n) is 9.39. The van der Waals surface area contributed by atoms with Crippen LogP contribution in [0.5, 0.6) is 0 Å². The van der Waals surface area contributed by atoms with Crippen molar-refractivity contribution >= 4 is 0 Å². The highest BCUT2D eigenvalue weighted by Gasteiger charge is 2.35. The fourth-order valence-corrected chi connectivity index (χ4v) is 2.24. The van der Waals surface area contributed by atoms with Gasteiger partial charge in [0.15, 0.2) is 5.69 Å². The van der Waals surface area contributed by atoms with E-state index in [4.69, 9.17) is 10.3 Å². The van der Waals surface area contributed by atoms with Gasteiger partial charge in [0.1, 0.15) is 0 Å². The molecule has 0 aliphatic heterocycles. The number of nitrogens with one attached hydrogen (secondary N) is 1. The molecule has 7 nitrogen and oxygen atoms in total. The van der Waals surface area contributed by atoms with Gasteiger partial charge in [-0.05, 0) is 12.8 Å². The summed E-state index contributed by atoms with van der Waals surface area (Å²) >= 11 is 0. The monoisotopic (exact) mass is 234 g/mol. The number of aromatic nitrogens is 5. The van der Waals surface area contributed by atoms with Crippen LogP contribution >= 0.6 is 0 Å². The van der Waals surface area contributed by atoms with Gasteiger partial charge in [-0.2, -0.15) is 20.4 Å². The van der Waals surface area contributed by atoms with Gasteiger partial charge in [0.2, 0.25) is 11.7 Å². The molecule has 90 valence electrons. The molecule has 1 aliphatic carbocycles. The maximum atomic E-state index is 6.31. The predicted molar refractivity (Wildman–Crippen MR) is 58.6 cm³/mol. The van der Waals surface area contributed by atoms with E-state index < -0.39 is 5.54 Å². The zero-order chi connectivity index (χ0) is 11.7. The van der Waals surface area contributed by atoms with Crippen molar-refractivity contribution in [1.82, 2.24) is 25.6 Å². The van der Waals surface area contributed by atoms with Crippen LogP contribution in [0.3, 0.4) is 0 Å². The van der Waals surface area contributed by atoms with Crippen molar-refractivity contribution in [2.45, 2.75) is 37.6 Å². The first kappa shape index (κ1) is 10.4. The molecule has 0 amide bonds. The van der Waals surface area contributed by atoms with E-state index in [1.807, 2.05) is 0 Å². The molecular formula is C10H14N6O. The van der Waals surface area contributed by atoms with Crippen LogP contribution in [0.25, 0.3) is 11.5 Å². The molecule has 2 aromatic rings. The van der Waals surface area contributed by atoms with Gasteiger partial charge in [-0.25, -0.2) is 0 Å². The van der Waals surface area contributed by atoms with Crippen LogP contribution in [0.1, 0.15) is 38.0 Å². The summed E-state index contributed by atoms with van der Waals surface area (Å²) in [7, 11) is 0. The van der Waals surface area contributed by atoms with Gasteiger partial charge in [-0.15, -0.1) is 0 Å². The third-order valence-corrected chi connectivity index (χ3v) is 3.24. The third-order valence-electron chi connectivity index (χ3n) is 3.24. The van der Waals surface area contributed by atoms with Gasteiger partial charge in [-0.1, -0.05) is 24.4 Å². The molecule has 0 bridgehead atoms. The second-order valence-corrected chi connectivity index (χ2v) is 4.50. The molecule has 3 rings (SSSR count). The van der Waals surface area contributed by atoms with Gasteiger partial charge in [0.25, 0.3) is 0 Å². The van der Waals surface area contributed by atoms with Crippen LogP contribution < -0.4 is 5.73 Å². The number of hydrogen-bond donors (Lipinski definition) is 2. The van der Waals surface area contributed by atoms with Crippen molar-refractivity contribution < 1.29 is 4.52 Å².